The molecule has 1 aliphatic rings. The molecular formula is C33H61N3O9. The summed E-state index contributed by atoms with van der Waals surface area (Å²) in [6.07, 6.45) is 11.5. The maximum absolute atomic E-state index is 11.9. The molecule has 1 fully saturated rings. The van der Waals surface area contributed by atoms with Crippen LogP contribution in [0.5, 0.6) is 0 Å². The van der Waals surface area contributed by atoms with E-state index in [4.69, 9.17) is 14.2 Å². The van der Waals surface area contributed by atoms with E-state index < -0.39 is 18.3 Å². The van der Waals surface area contributed by atoms with Gasteiger partial charge in [-0.05, 0) is 38.5 Å². The highest BCUT2D eigenvalue weighted by molar-refractivity contribution is 5.78. The van der Waals surface area contributed by atoms with E-state index >= 15 is 0 Å². The third-order valence-electron chi connectivity index (χ3n) is 7.79. The van der Waals surface area contributed by atoms with Gasteiger partial charge in [0.1, 0.15) is 18.0 Å². The molecular weight excluding hydrogens is 582 g/mol. The van der Waals surface area contributed by atoms with Gasteiger partial charge in [0, 0.05) is 65.0 Å². The van der Waals surface area contributed by atoms with Crippen LogP contribution in [0.15, 0.2) is 0 Å². The van der Waals surface area contributed by atoms with Crippen LogP contribution in [0.25, 0.3) is 0 Å². The van der Waals surface area contributed by atoms with Crippen molar-refractivity contribution >= 4 is 23.5 Å². The summed E-state index contributed by atoms with van der Waals surface area (Å²) in [5.41, 5.74) is 0. The molecule has 3 atom stereocenters. The molecule has 5 N–H and O–H groups in total. The van der Waals surface area contributed by atoms with Crippen LogP contribution >= 0.6 is 0 Å². The third kappa shape index (κ3) is 23.8. The molecule has 0 aromatic rings. The van der Waals surface area contributed by atoms with Crippen molar-refractivity contribution in [3.8, 4) is 0 Å². The molecule has 0 radical (unpaired) electrons. The van der Waals surface area contributed by atoms with Crippen LogP contribution in [0.4, 0.5) is 0 Å². The number of hydrogen-bond acceptors (Lipinski definition) is 9. The van der Waals surface area contributed by atoms with Crippen LogP contribution in [-0.4, -0.2) is 105 Å². The van der Waals surface area contributed by atoms with Crippen molar-refractivity contribution in [3.63, 3.8) is 0 Å². The standard InChI is InChI=1S/C33H61N3O9/c1-2-27(37)14-9-7-5-3-4-6-8-10-15-31(40)36-21-25-43-23-18-32(41)35-20-13-19-34-30(39)16-11-12-22-44-26-29-33(42)28(38)17-24-45-29/h28-29,33,38,42H,2-26H2,1H3,(H,34,39)(H,35,41)(H,36,40)/t28-,29-,33-/m1/s1. The van der Waals surface area contributed by atoms with Gasteiger partial charge in [0.15, 0.2) is 0 Å². The molecule has 0 aliphatic carbocycles. The summed E-state index contributed by atoms with van der Waals surface area (Å²) in [7, 11) is 0. The molecule has 0 saturated carbocycles. The van der Waals surface area contributed by atoms with E-state index in [1.807, 2.05) is 6.92 Å². The van der Waals surface area contributed by atoms with Crippen molar-refractivity contribution in [2.75, 3.05) is 52.7 Å². The Labute approximate surface area is 270 Å². The maximum atomic E-state index is 11.9. The zero-order valence-corrected chi connectivity index (χ0v) is 27.7. The molecule has 0 aromatic heterocycles. The second kappa shape index (κ2) is 28.1. The number of hydrogen-bond donors (Lipinski definition) is 5. The van der Waals surface area contributed by atoms with Gasteiger partial charge in [-0.25, -0.2) is 0 Å². The summed E-state index contributed by atoms with van der Waals surface area (Å²) in [4.78, 5) is 47.1. The number of rotatable bonds is 29. The number of unbranched alkanes of at least 4 members (excludes halogenated alkanes) is 8. The second-order valence-electron chi connectivity index (χ2n) is 11.8. The van der Waals surface area contributed by atoms with E-state index in [2.05, 4.69) is 16.0 Å². The first-order valence-electron chi connectivity index (χ1n) is 17.3. The number of carbonyl (C=O) groups is 4. The third-order valence-corrected chi connectivity index (χ3v) is 7.79. The van der Waals surface area contributed by atoms with Gasteiger partial charge in [-0.2, -0.15) is 0 Å². The Morgan fingerprint density at radius 1 is 0.644 bits per heavy atom. The van der Waals surface area contributed by atoms with Crippen LogP contribution < -0.4 is 16.0 Å². The molecule has 0 unspecified atom stereocenters. The second-order valence-corrected chi connectivity index (χ2v) is 11.8. The molecule has 12 heteroatoms. The Balaban J connectivity index is 1.81. The largest absolute Gasteiger partial charge is 0.390 e. The summed E-state index contributed by atoms with van der Waals surface area (Å²) in [6, 6.07) is 0. The Morgan fingerprint density at radius 2 is 1.20 bits per heavy atom. The predicted molar refractivity (Wildman–Crippen MR) is 172 cm³/mol. The minimum absolute atomic E-state index is 0.0298. The molecule has 45 heavy (non-hydrogen) atoms. The molecule has 1 saturated heterocycles. The lowest BCUT2D eigenvalue weighted by molar-refractivity contribution is -0.154. The minimum atomic E-state index is -0.929. The smallest absolute Gasteiger partial charge is 0.222 e. The van der Waals surface area contributed by atoms with Crippen molar-refractivity contribution in [2.45, 2.75) is 134 Å². The average molecular weight is 644 g/mol. The van der Waals surface area contributed by atoms with Gasteiger partial charge in [-0.15, -0.1) is 0 Å². The average Bonchev–Trinajstić information content (AvgIpc) is 3.02. The van der Waals surface area contributed by atoms with Crippen molar-refractivity contribution in [1.82, 2.24) is 16.0 Å². The number of aliphatic hydroxyl groups excluding tert-OH is 2. The lowest BCUT2D eigenvalue weighted by Gasteiger charge is -2.31. The molecule has 262 valence electrons. The van der Waals surface area contributed by atoms with E-state index in [1.54, 1.807) is 0 Å². The zero-order chi connectivity index (χ0) is 33.0. The Hall–Kier alpha value is -2.12. The van der Waals surface area contributed by atoms with Gasteiger partial charge in [-0.3, -0.25) is 19.2 Å². The first-order valence-corrected chi connectivity index (χ1v) is 17.3. The Kier molecular flexibility index (Phi) is 25.6. The van der Waals surface area contributed by atoms with Gasteiger partial charge in [-0.1, -0.05) is 45.4 Å². The first-order chi connectivity index (χ1) is 21.8. The molecule has 0 spiro atoms. The lowest BCUT2D eigenvalue weighted by atomic mass is 10.0. The fourth-order valence-electron chi connectivity index (χ4n) is 4.88. The van der Waals surface area contributed by atoms with Crippen LogP contribution in [0.1, 0.15) is 116 Å². The fourth-order valence-corrected chi connectivity index (χ4v) is 4.88. The van der Waals surface area contributed by atoms with Gasteiger partial charge in [0.25, 0.3) is 0 Å². The van der Waals surface area contributed by atoms with Crippen molar-refractivity contribution in [2.24, 2.45) is 0 Å². The number of ketones is 1. The van der Waals surface area contributed by atoms with Crippen LogP contribution in [0.2, 0.25) is 0 Å². The highest BCUT2D eigenvalue weighted by Crippen LogP contribution is 2.15. The summed E-state index contributed by atoms with van der Waals surface area (Å²) < 4.78 is 16.4. The van der Waals surface area contributed by atoms with Crippen LogP contribution in [0.3, 0.4) is 0 Å². The molecule has 3 amide bonds. The van der Waals surface area contributed by atoms with Gasteiger partial charge in [0.2, 0.25) is 17.7 Å². The van der Waals surface area contributed by atoms with E-state index in [1.165, 1.54) is 19.3 Å². The molecule has 1 aliphatic heterocycles. The highest BCUT2D eigenvalue weighted by Gasteiger charge is 2.31. The quantitative estimate of drug-likeness (QED) is 0.0769. The van der Waals surface area contributed by atoms with E-state index in [-0.39, 0.29) is 37.4 Å². The van der Waals surface area contributed by atoms with Crippen LogP contribution in [-0.2, 0) is 33.4 Å². The van der Waals surface area contributed by atoms with Gasteiger partial charge < -0.3 is 40.4 Å². The Bertz CT molecular complexity index is 799. The SMILES string of the molecule is CCC(=O)CCCCCCCCCCC(=O)NCCOCCC(=O)NCCCNC(=O)CCCCOC[C@H]1OCC[C@@H](O)[C@H]1O. The number of ether oxygens (including phenoxy) is 3. The van der Waals surface area contributed by atoms with E-state index in [0.29, 0.717) is 90.2 Å². The van der Waals surface area contributed by atoms with E-state index in [0.717, 1.165) is 38.5 Å². The molecule has 0 aromatic carbocycles. The van der Waals surface area contributed by atoms with Gasteiger partial charge >= 0.3 is 0 Å². The predicted octanol–water partition coefficient (Wildman–Crippen LogP) is 2.71. The van der Waals surface area contributed by atoms with Gasteiger partial charge in [0.05, 0.1) is 25.9 Å². The zero-order valence-electron chi connectivity index (χ0n) is 27.7. The van der Waals surface area contributed by atoms with E-state index in [9.17, 15) is 29.4 Å². The number of amides is 3. The number of carbonyl (C=O) groups excluding carboxylic acids is 4. The van der Waals surface area contributed by atoms with Crippen molar-refractivity contribution < 1.29 is 43.6 Å². The normalized spacial score (nSPS) is 18.0. The highest BCUT2D eigenvalue weighted by atomic mass is 16.5. The summed E-state index contributed by atoms with van der Waals surface area (Å²) in [5, 5.41) is 28.0. The Morgan fingerprint density at radius 3 is 1.84 bits per heavy atom. The maximum Gasteiger partial charge on any atom is 0.222 e. The van der Waals surface area contributed by atoms with Crippen molar-refractivity contribution in [3.05, 3.63) is 0 Å². The molecule has 12 nitrogen and oxygen atoms in total. The summed E-state index contributed by atoms with van der Waals surface area (Å²) >= 11 is 0. The van der Waals surface area contributed by atoms with Crippen LogP contribution in [0, 0.1) is 0 Å². The monoisotopic (exact) mass is 643 g/mol. The topological polar surface area (TPSA) is 173 Å². The fraction of sp³-hybridized carbons (Fsp3) is 0.879. The number of Topliss-reactive ketones (excluding diaryl/α,β-unsaturated/α-hetero) is 1. The molecule has 1 rings (SSSR count). The number of aliphatic hydroxyl groups is 2. The number of nitrogens with one attached hydrogen (secondary N) is 3. The minimum Gasteiger partial charge on any atom is -0.390 e. The van der Waals surface area contributed by atoms with Crippen molar-refractivity contribution in [1.29, 1.82) is 0 Å². The lowest BCUT2D eigenvalue weighted by Crippen LogP contribution is -2.46. The molecule has 1 heterocycles. The first kappa shape index (κ1) is 40.9. The summed E-state index contributed by atoms with van der Waals surface area (Å²) in [5.74, 6) is 0.229. The summed E-state index contributed by atoms with van der Waals surface area (Å²) in [6.45, 7) is 5.01. The molecule has 0 bridgehead atoms.